The number of nitrogens with zero attached hydrogens (tertiary/aromatic N) is 2. The maximum Gasteiger partial charge on any atom is 0.412 e. The van der Waals surface area contributed by atoms with Crippen LogP contribution in [0.5, 0.6) is 5.75 Å². The van der Waals surface area contributed by atoms with Gasteiger partial charge < -0.3 is 10.1 Å². The highest BCUT2D eigenvalue weighted by atomic mass is 16.5. The summed E-state index contributed by atoms with van der Waals surface area (Å²) in [5.74, 6) is 0.615. The van der Waals surface area contributed by atoms with Crippen LogP contribution in [0.2, 0.25) is 0 Å². The average molecular weight is 290 g/mol. The van der Waals surface area contributed by atoms with Gasteiger partial charge in [0.2, 0.25) is 0 Å². The summed E-state index contributed by atoms with van der Waals surface area (Å²) in [5.41, 5.74) is 2.73. The summed E-state index contributed by atoms with van der Waals surface area (Å²) < 4.78 is 6.16. The molecule has 3 rings (SSSR count). The number of ether oxygens (including phenoxy) is 1. The molecule has 21 heavy (non-hydrogen) atoms. The normalized spacial score (nSPS) is 29.9. The van der Waals surface area contributed by atoms with Gasteiger partial charge in [-0.2, -0.15) is 0 Å². The first-order valence-corrected chi connectivity index (χ1v) is 7.39. The molecule has 2 heterocycles. The summed E-state index contributed by atoms with van der Waals surface area (Å²) >= 11 is 0. The molecule has 1 amide bonds. The number of benzene rings is 1. The van der Waals surface area contributed by atoms with E-state index in [4.69, 9.17) is 4.74 Å². The maximum absolute atomic E-state index is 11.4. The van der Waals surface area contributed by atoms with Crippen molar-refractivity contribution in [3.05, 3.63) is 23.8 Å². The van der Waals surface area contributed by atoms with Crippen LogP contribution in [0.1, 0.15) is 18.9 Å². The van der Waals surface area contributed by atoms with Gasteiger partial charge >= 0.3 is 6.09 Å². The Bertz CT molecular complexity index is 599. The number of carbonyl (C=O) groups excluding carboxylic acids is 1. The molecule has 0 spiro atoms. The number of likely N-dealkylation sites (N-methyl/N-ethyl adjacent to an activating group) is 2. The van der Waals surface area contributed by atoms with E-state index in [2.05, 4.69) is 44.3 Å². The van der Waals surface area contributed by atoms with Crippen LogP contribution < -0.4 is 14.5 Å². The molecular weight excluding hydrogens is 266 g/mol. The molecule has 2 aliphatic rings. The molecule has 0 unspecified atom stereocenters. The van der Waals surface area contributed by atoms with Crippen molar-refractivity contribution < 1.29 is 9.53 Å². The van der Waals surface area contributed by atoms with E-state index >= 15 is 0 Å². The number of nitrogens with one attached hydrogen (secondary N) is 1. The number of carbonyl (C=O) groups is 1. The van der Waals surface area contributed by atoms with Crippen LogP contribution in [0.25, 0.3) is 0 Å². The molecule has 2 atom stereocenters. The van der Waals surface area contributed by atoms with E-state index in [0.29, 0.717) is 11.9 Å². The fraction of sp³-hybridized carbons (Fsp3) is 0.562. The van der Waals surface area contributed by atoms with Gasteiger partial charge in [0, 0.05) is 25.2 Å². The first-order chi connectivity index (χ1) is 9.80. The third-order valence-corrected chi connectivity index (χ3v) is 5.20. The van der Waals surface area contributed by atoms with Crippen LogP contribution in [-0.4, -0.2) is 51.9 Å². The predicted molar refractivity (Wildman–Crippen MR) is 83.6 cm³/mol. The number of likely N-dealkylation sites (tertiary alicyclic amines) is 1. The third-order valence-electron chi connectivity index (χ3n) is 5.20. The van der Waals surface area contributed by atoms with E-state index in [1.54, 1.807) is 7.05 Å². The van der Waals surface area contributed by atoms with Crippen LogP contribution in [0.15, 0.2) is 18.2 Å². The summed E-state index contributed by atoms with van der Waals surface area (Å²) in [7, 11) is 8.29. The Morgan fingerprint density at radius 2 is 2.19 bits per heavy atom. The van der Waals surface area contributed by atoms with Crippen molar-refractivity contribution in [3.63, 3.8) is 0 Å². The second kappa shape index (κ2) is 4.45. The number of fused-ring (bicyclic) bond motifs is 3. The Morgan fingerprint density at radius 1 is 1.48 bits per heavy atom. The lowest BCUT2D eigenvalue weighted by atomic mass is 9.81. The highest BCUT2D eigenvalue weighted by Crippen LogP contribution is 2.54. The van der Waals surface area contributed by atoms with Gasteiger partial charge in [-0.15, -0.1) is 0 Å². The second-order valence-corrected chi connectivity index (χ2v) is 6.88. The monoisotopic (exact) mass is 290 g/mol. The first-order valence-electron chi connectivity index (χ1n) is 7.39. The number of rotatable bonds is 1. The van der Waals surface area contributed by atoms with E-state index in [1.165, 1.54) is 11.3 Å². The van der Waals surface area contributed by atoms with Gasteiger partial charge in [0.25, 0.3) is 0 Å². The molecule has 1 N–H and O–H groups in total. The minimum Gasteiger partial charge on any atom is -0.410 e. The predicted octanol–water partition coefficient (Wildman–Crippen LogP) is 1.90. The number of quaternary nitrogens is 1. The largest absolute Gasteiger partial charge is 0.412 e. The van der Waals surface area contributed by atoms with Crippen molar-refractivity contribution in [2.24, 2.45) is 0 Å². The topological polar surface area (TPSA) is 41.6 Å². The molecule has 1 aromatic rings. The summed E-state index contributed by atoms with van der Waals surface area (Å²) in [6.45, 7) is 3.43. The van der Waals surface area contributed by atoms with Gasteiger partial charge in [0.05, 0.1) is 19.5 Å². The second-order valence-electron chi connectivity index (χ2n) is 6.88. The lowest BCUT2D eigenvalue weighted by Crippen LogP contribution is -2.57. The van der Waals surface area contributed by atoms with Gasteiger partial charge in [-0.3, -0.25) is 9.38 Å². The highest BCUT2D eigenvalue weighted by molar-refractivity contribution is 5.71. The zero-order chi connectivity index (χ0) is 15.4. The quantitative estimate of drug-likeness (QED) is 0.803. The standard InChI is InChI=1S/C16H23N3O2/c1-16-8-9-18(3)14(16)19(4,5)13-7-6-11(10-12(13)16)21-15(20)17-2/h6-7,10,14H,8-9H2,1-5H3/p+1/t14-,16+/m1/s1. The third kappa shape index (κ3) is 1.88. The fourth-order valence-corrected chi connectivity index (χ4v) is 4.45. The van der Waals surface area contributed by atoms with Crippen molar-refractivity contribution >= 4 is 11.8 Å². The summed E-state index contributed by atoms with van der Waals surface area (Å²) in [4.78, 5) is 13.9. The molecule has 1 aromatic carbocycles. The van der Waals surface area contributed by atoms with Gasteiger partial charge in [0.15, 0.2) is 6.17 Å². The molecule has 0 saturated carbocycles. The lowest BCUT2D eigenvalue weighted by Gasteiger charge is -2.37. The number of hydrogen-bond acceptors (Lipinski definition) is 3. The van der Waals surface area contributed by atoms with Crippen LogP contribution >= 0.6 is 0 Å². The van der Waals surface area contributed by atoms with Crippen LogP contribution in [-0.2, 0) is 5.41 Å². The van der Waals surface area contributed by atoms with E-state index in [9.17, 15) is 4.79 Å². The first kappa shape index (κ1) is 14.4. The van der Waals surface area contributed by atoms with Crippen LogP contribution in [0.4, 0.5) is 10.5 Å². The summed E-state index contributed by atoms with van der Waals surface area (Å²) in [6.07, 6.45) is 1.14. The molecule has 1 saturated heterocycles. The number of amides is 1. The minimum atomic E-state index is -0.424. The zero-order valence-corrected chi connectivity index (χ0v) is 13.4. The number of hydrogen-bond donors (Lipinski definition) is 1. The summed E-state index contributed by atoms with van der Waals surface area (Å²) in [6, 6.07) is 6.03. The van der Waals surface area contributed by atoms with Crippen molar-refractivity contribution in [3.8, 4) is 5.75 Å². The molecule has 0 aliphatic carbocycles. The van der Waals surface area contributed by atoms with Gasteiger partial charge in [-0.25, -0.2) is 4.79 Å². The average Bonchev–Trinajstić information content (AvgIpc) is 2.83. The minimum absolute atomic E-state index is 0.107. The lowest BCUT2D eigenvalue weighted by molar-refractivity contribution is 0.125. The van der Waals surface area contributed by atoms with Crippen LogP contribution in [0, 0.1) is 0 Å². The molecule has 0 aromatic heterocycles. The Morgan fingerprint density at radius 3 is 2.86 bits per heavy atom. The van der Waals surface area contributed by atoms with Crippen molar-refractivity contribution in [2.75, 3.05) is 34.7 Å². The van der Waals surface area contributed by atoms with Gasteiger partial charge in [-0.05, 0) is 32.5 Å². The molecule has 5 nitrogen and oxygen atoms in total. The molecule has 0 radical (unpaired) electrons. The fourth-order valence-electron chi connectivity index (χ4n) is 4.45. The summed E-state index contributed by atoms with van der Waals surface area (Å²) in [5, 5.41) is 2.49. The SMILES string of the molecule is CNC(=O)Oc1ccc2c(c1)[C@]1(C)CCN(C)[C@@H]1[N+]2(C)C. The Kier molecular flexibility index (Phi) is 3.04. The maximum atomic E-state index is 11.4. The molecule has 2 aliphatic heterocycles. The zero-order valence-electron chi connectivity index (χ0n) is 13.4. The van der Waals surface area contributed by atoms with E-state index in [1.807, 2.05) is 12.1 Å². The molecule has 0 bridgehead atoms. The van der Waals surface area contributed by atoms with Crippen LogP contribution in [0.3, 0.4) is 0 Å². The van der Waals surface area contributed by atoms with E-state index in [0.717, 1.165) is 17.4 Å². The van der Waals surface area contributed by atoms with Crippen molar-refractivity contribution in [1.29, 1.82) is 0 Å². The van der Waals surface area contributed by atoms with E-state index in [-0.39, 0.29) is 5.41 Å². The Balaban J connectivity index is 2.07. The van der Waals surface area contributed by atoms with Crippen molar-refractivity contribution in [2.45, 2.75) is 24.9 Å². The molecule has 1 fully saturated rings. The van der Waals surface area contributed by atoms with Gasteiger partial charge in [-0.1, -0.05) is 0 Å². The molecular formula is C16H24N3O2+. The Hall–Kier alpha value is -1.59. The van der Waals surface area contributed by atoms with E-state index < -0.39 is 6.09 Å². The van der Waals surface area contributed by atoms with Crippen molar-refractivity contribution in [1.82, 2.24) is 14.7 Å². The molecule has 5 heteroatoms. The van der Waals surface area contributed by atoms with Gasteiger partial charge in [0.1, 0.15) is 11.4 Å². The Labute approximate surface area is 126 Å². The smallest absolute Gasteiger partial charge is 0.410 e. The molecule has 114 valence electrons. The highest BCUT2D eigenvalue weighted by Gasteiger charge is 2.60.